The van der Waals surface area contributed by atoms with Crippen molar-refractivity contribution in [2.24, 2.45) is 0 Å². The fourth-order valence-electron chi connectivity index (χ4n) is 2.06. The molecule has 2 aromatic heterocycles. The molecule has 3 rings (SSSR count). The molecule has 0 aliphatic carbocycles. The van der Waals surface area contributed by atoms with Crippen LogP contribution in [0.4, 0.5) is 11.4 Å². The fraction of sp³-hybridized carbons (Fsp3) is 0.0667. The quantitative estimate of drug-likeness (QED) is 0.689. The number of carbonyl (C=O) groups excluding carboxylic acids is 2. The summed E-state index contributed by atoms with van der Waals surface area (Å²) in [5.41, 5.74) is 2.31. The number of nitrogens with zero attached hydrogens (tertiary/aromatic N) is 2. The van der Waals surface area contributed by atoms with Crippen LogP contribution in [0.1, 0.15) is 17.4 Å². The molecule has 2 heterocycles. The van der Waals surface area contributed by atoms with Gasteiger partial charge in [0.05, 0.1) is 10.9 Å². The van der Waals surface area contributed by atoms with Gasteiger partial charge < -0.3 is 10.6 Å². The summed E-state index contributed by atoms with van der Waals surface area (Å²) >= 11 is 0. The van der Waals surface area contributed by atoms with E-state index < -0.39 is 0 Å². The molecule has 0 aliphatic rings. The highest BCUT2D eigenvalue weighted by atomic mass is 16.2. The first-order chi connectivity index (χ1) is 10.6. The van der Waals surface area contributed by atoms with Crippen LogP contribution >= 0.6 is 0 Å². The highest BCUT2D eigenvalue weighted by molar-refractivity contribution is 6.10. The maximum absolute atomic E-state index is 12.3. The lowest BCUT2D eigenvalue weighted by atomic mass is 10.2. The zero-order valence-electron chi connectivity index (χ0n) is 11.8. The zero-order chi connectivity index (χ0) is 15.5. The number of hydrogen-bond donors (Lipinski definition) is 3. The van der Waals surface area contributed by atoms with E-state index in [4.69, 9.17) is 0 Å². The van der Waals surface area contributed by atoms with Crippen molar-refractivity contribution in [2.75, 3.05) is 10.6 Å². The lowest BCUT2D eigenvalue weighted by molar-refractivity contribution is -0.114. The van der Waals surface area contributed by atoms with E-state index in [1.807, 2.05) is 0 Å². The normalized spacial score (nSPS) is 10.4. The van der Waals surface area contributed by atoms with Gasteiger partial charge in [0.15, 0.2) is 5.69 Å². The molecule has 110 valence electrons. The van der Waals surface area contributed by atoms with Gasteiger partial charge in [-0.15, -0.1) is 0 Å². The molecule has 3 N–H and O–H groups in total. The van der Waals surface area contributed by atoms with E-state index >= 15 is 0 Å². The highest BCUT2D eigenvalue weighted by Gasteiger charge is 2.14. The summed E-state index contributed by atoms with van der Waals surface area (Å²) in [5, 5.41) is 12.9. The third-order valence-electron chi connectivity index (χ3n) is 3.04. The lowest BCUT2D eigenvalue weighted by Crippen LogP contribution is -2.13. The van der Waals surface area contributed by atoms with Gasteiger partial charge in [0, 0.05) is 30.7 Å². The van der Waals surface area contributed by atoms with Gasteiger partial charge in [0.2, 0.25) is 5.91 Å². The molecule has 0 saturated heterocycles. The predicted molar refractivity (Wildman–Crippen MR) is 82.6 cm³/mol. The smallest absolute Gasteiger partial charge is 0.276 e. The van der Waals surface area contributed by atoms with Crippen LogP contribution in [0.3, 0.4) is 0 Å². The number of hydrogen-bond acceptors (Lipinski definition) is 4. The number of fused-ring (bicyclic) bond motifs is 1. The number of aromatic amines is 1. The van der Waals surface area contributed by atoms with E-state index in [-0.39, 0.29) is 17.5 Å². The van der Waals surface area contributed by atoms with Crippen LogP contribution in [0.5, 0.6) is 0 Å². The molecule has 7 heteroatoms. The Labute approximate surface area is 125 Å². The van der Waals surface area contributed by atoms with E-state index in [0.29, 0.717) is 16.8 Å². The second-order valence-corrected chi connectivity index (χ2v) is 4.71. The second-order valence-electron chi connectivity index (χ2n) is 4.71. The first-order valence-electron chi connectivity index (χ1n) is 6.60. The van der Waals surface area contributed by atoms with Gasteiger partial charge in [-0.3, -0.25) is 19.7 Å². The molecular weight excluding hydrogens is 282 g/mol. The SMILES string of the molecule is CC(=O)Nc1ccc(NC(=O)c2n[nH]c3ccncc23)cc1. The Morgan fingerprint density at radius 1 is 1.05 bits per heavy atom. The Hall–Kier alpha value is -3.22. The molecule has 0 saturated carbocycles. The summed E-state index contributed by atoms with van der Waals surface area (Å²) in [5.74, 6) is -0.473. The van der Waals surface area contributed by atoms with Gasteiger partial charge in [-0.25, -0.2) is 0 Å². The van der Waals surface area contributed by atoms with E-state index in [1.165, 1.54) is 6.92 Å². The number of nitrogens with one attached hydrogen (secondary N) is 3. The maximum atomic E-state index is 12.3. The largest absolute Gasteiger partial charge is 0.326 e. The summed E-state index contributed by atoms with van der Waals surface area (Å²) in [7, 11) is 0. The number of carbonyl (C=O) groups is 2. The molecular formula is C15H13N5O2. The van der Waals surface area contributed by atoms with Crippen molar-refractivity contribution < 1.29 is 9.59 Å². The van der Waals surface area contributed by atoms with Gasteiger partial charge >= 0.3 is 0 Å². The number of H-pyrrole nitrogens is 1. The van der Waals surface area contributed by atoms with Crippen molar-refractivity contribution >= 4 is 34.1 Å². The molecule has 0 atom stereocenters. The van der Waals surface area contributed by atoms with Crippen molar-refractivity contribution in [3.63, 3.8) is 0 Å². The number of pyridine rings is 1. The van der Waals surface area contributed by atoms with Crippen LogP contribution in [0.25, 0.3) is 10.9 Å². The molecule has 22 heavy (non-hydrogen) atoms. The Balaban J connectivity index is 1.78. The average Bonchev–Trinajstić information content (AvgIpc) is 2.93. The Morgan fingerprint density at radius 3 is 2.41 bits per heavy atom. The van der Waals surface area contributed by atoms with Gasteiger partial charge in [0.25, 0.3) is 5.91 Å². The first kappa shape index (κ1) is 13.7. The third-order valence-corrected chi connectivity index (χ3v) is 3.04. The van der Waals surface area contributed by atoms with Crippen molar-refractivity contribution in [3.05, 3.63) is 48.4 Å². The Bertz CT molecular complexity index is 839. The van der Waals surface area contributed by atoms with E-state index in [9.17, 15) is 9.59 Å². The average molecular weight is 295 g/mol. The number of amides is 2. The van der Waals surface area contributed by atoms with Crippen LogP contribution in [-0.2, 0) is 4.79 Å². The third kappa shape index (κ3) is 2.78. The van der Waals surface area contributed by atoms with Crippen LogP contribution in [0, 0.1) is 0 Å². The number of benzene rings is 1. The first-order valence-corrected chi connectivity index (χ1v) is 6.60. The topological polar surface area (TPSA) is 99.8 Å². The van der Waals surface area contributed by atoms with Gasteiger partial charge in [-0.05, 0) is 30.3 Å². The molecule has 1 aromatic carbocycles. The van der Waals surface area contributed by atoms with E-state index in [0.717, 1.165) is 5.52 Å². The van der Waals surface area contributed by atoms with Crippen molar-refractivity contribution in [3.8, 4) is 0 Å². The van der Waals surface area contributed by atoms with Crippen LogP contribution in [0.15, 0.2) is 42.7 Å². The monoisotopic (exact) mass is 295 g/mol. The predicted octanol–water partition coefficient (Wildman–Crippen LogP) is 2.17. The summed E-state index contributed by atoms with van der Waals surface area (Å²) in [6.45, 7) is 1.44. The summed E-state index contributed by atoms with van der Waals surface area (Å²) in [4.78, 5) is 27.2. The second kappa shape index (κ2) is 5.65. The van der Waals surface area contributed by atoms with Crippen LogP contribution < -0.4 is 10.6 Å². The molecule has 2 amide bonds. The lowest BCUT2D eigenvalue weighted by Gasteiger charge is -2.05. The molecule has 0 aliphatic heterocycles. The molecule has 0 unspecified atom stereocenters. The minimum Gasteiger partial charge on any atom is -0.326 e. The fourth-order valence-corrected chi connectivity index (χ4v) is 2.06. The van der Waals surface area contributed by atoms with Gasteiger partial charge in [-0.2, -0.15) is 5.10 Å². The Kier molecular flexibility index (Phi) is 3.53. The van der Waals surface area contributed by atoms with Crippen molar-refractivity contribution in [1.82, 2.24) is 15.2 Å². The van der Waals surface area contributed by atoms with Crippen molar-refractivity contribution in [1.29, 1.82) is 0 Å². The van der Waals surface area contributed by atoms with Crippen LogP contribution in [0.2, 0.25) is 0 Å². The minimum absolute atomic E-state index is 0.146. The minimum atomic E-state index is -0.327. The molecule has 7 nitrogen and oxygen atoms in total. The van der Waals surface area contributed by atoms with Crippen molar-refractivity contribution in [2.45, 2.75) is 6.92 Å². The summed E-state index contributed by atoms with van der Waals surface area (Å²) in [6.07, 6.45) is 3.22. The highest BCUT2D eigenvalue weighted by Crippen LogP contribution is 2.17. The van der Waals surface area contributed by atoms with E-state index in [1.54, 1.807) is 42.7 Å². The number of rotatable bonds is 3. The molecule has 0 fully saturated rings. The zero-order valence-corrected chi connectivity index (χ0v) is 11.8. The maximum Gasteiger partial charge on any atom is 0.276 e. The number of anilines is 2. The van der Waals surface area contributed by atoms with E-state index in [2.05, 4.69) is 25.8 Å². The molecule has 0 spiro atoms. The Morgan fingerprint density at radius 2 is 1.73 bits per heavy atom. The molecule has 3 aromatic rings. The standard InChI is InChI=1S/C15H13N5O2/c1-9(21)17-10-2-4-11(5-3-10)18-15(22)14-12-8-16-7-6-13(12)19-20-14/h2-8H,1H3,(H,17,21)(H,18,22)(H,19,20). The van der Waals surface area contributed by atoms with Gasteiger partial charge in [0.1, 0.15) is 0 Å². The number of aromatic nitrogens is 3. The van der Waals surface area contributed by atoms with Crippen LogP contribution in [-0.4, -0.2) is 27.0 Å². The van der Waals surface area contributed by atoms with Gasteiger partial charge in [-0.1, -0.05) is 0 Å². The molecule has 0 bridgehead atoms. The molecule has 0 radical (unpaired) electrons. The summed E-state index contributed by atoms with van der Waals surface area (Å²) < 4.78 is 0. The summed E-state index contributed by atoms with van der Waals surface area (Å²) in [6, 6.07) is 8.58.